The molecule has 14 heavy (non-hydrogen) atoms. The quantitative estimate of drug-likeness (QED) is 0.774. The zero-order valence-electron chi connectivity index (χ0n) is 9.39. The van der Waals surface area contributed by atoms with Crippen molar-refractivity contribution in [3.05, 3.63) is 18.3 Å². The Labute approximate surface area is 85.9 Å². The topological polar surface area (TPSA) is 37.0 Å². The van der Waals surface area contributed by atoms with E-state index in [-0.39, 0.29) is 0 Å². The summed E-state index contributed by atoms with van der Waals surface area (Å²) in [5.41, 5.74) is 1.41. The van der Waals surface area contributed by atoms with E-state index in [0.29, 0.717) is 5.41 Å². The van der Waals surface area contributed by atoms with Gasteiger partial charge in [-0.25, -0.2) is 4.98 Å². The number of aromatic nitrogens is 1. The van der Waals surface area contributed by atoms with Gasteiger partial charge >= 0.3 is 0 Å². The minimum Gasteiger partial charge on any atom is -0.384 e. The summed E-state index contributed by atoms with van der Waals surface area (Å²) in [5.74, 6) is 0.893. The third-order valence-corrected chi connectivity index (χ3v) is 1.84. The molecule has 0 aliphatic heterocycles. The van der Waals surface area contributed by atoms with E-state index >= 15 is 0 Å². The number of rotatable bonds is 3. The molecule has 1 aromatic heterocycles. The predicted molar refractivity (Wildman–Crippen MR) is 61.7 cm³/mol. The summed E-state index contributed by atoms with van der Waals surface area (Å²) in [4.78, 5) is 4.15. The van der Waals surface area contributed by atoms with Gasteiger partial charge in [-0.15, -0.1) is 0 Å². The van der Waals surface area contributed by atoms with Crippen molar-refractivity contribution in [3.8, 4) is 0 Å². The Morgan fingerprint density at radius 3 is 2.64 bits per heavy atom. The lowest BCUT2D eigenvalue weighted by Crippen LogP contribution is -2.19. The van der Waals surface area contributed by atoms with Crippen LogP contribution in [0.15, 0.2) is 18.3 Å². The van der Waals surface area contributed by atoms with Crippen molar-refractivity contribution in [2.75, 3.05) is 24.2 Å². The molecule has 0 radical (unpaired) electrons. The minimum atomic E-state index is 0.295. The normalized spacial score (nSPS) is 11.1. The van der Waals surface area contributed by atoms with Crippen molar-refractivity contribution in [1.82, 2.24) is 4.98 Å². The molecule has 3 heteroatoms. The number of nitrogens with one attached hydrogen (secondary N) is 2. The molecule has 0 spiro atoms. The van der Waals surface area contributed by atoms with Gasteiger partial charge in [0.15, 0.2) is 0 Å². The van der Waals surface area contributed by atoms with Crippen molar-refractivity contribution in [2.24, 2.45) is 5.41 Å². The SMILES string of the molecule is CNc1cc(NCC(C)(C)C)ccn1. The Hall–Kier alpha value is -1.25. The first kappa shape index (κ1) is 10.8. The van der Waals surface area contributed by atoms with Crippen LogP contribution in [0.25, 0.3) is 0 Å². The number of hydrogen-bond acceptors (Lipinski definition) is 3. The molecule has 1 rings (SSSR count). The summed E-state index contributed by atoms with van der Waals surface area (Å²) in [5, 5.41) is 6.39. The Bertz CT molecular complexity index is 289. The van der Waals surface area contributed by atoms with Crippen LogP contribution < -0.4 is 10.6 Å². The fraction of sp³-hybridized carbons (Fsp3) is 0.545. The van der Waals surface area contributed by atoms with E-state index in [9.17, 15) is 0 Å². The van der Waals surface area contributed by atoms with Crippen LogP contribution >= 0.6 is 0 Å². The molecule has 0 fully saturated rings. The molecule has 3 nitrogen and oxygen atoms in total. The van der Waals surface area contributed by atoms with Gasteiger partial charge < -0.3 is 10.6 Å². The van der Waals surface area contributed by atoms with Crippen LogP contribution in [0, 0.1) is 5.41 Å². The highest BCUT2D eigenvalue weighted by Crippen LogP contribution is 2.16. The van der Waals surface area contributed by atoms with Crippen molar-refractivity contribution in [2.45, 2.75) is 20.8 Å². The maximum absolute atomic E-state index is 4.15. The summed E-state index contributed by atoms with van der Waals surface area (Å²) in [6, 6.07) is 3.98. The van der Waals surface area contributed by atoms with Gasteiger partial charge in [0, 0.05) is 31.5 Å². The monoisotopic (exact) mass is 193 g/mol. The minimum absolute atomic E-state index is 0.295. The second kappa shape index (κ2) is 4.31. The van der Waals surface area contributed by atoms with E-state index in [4.69, 9.17) is 0 Å². The number of pyridine rings is 1. The van der Waals surface area contributed by atoms with Crippen LogP contribution in [0.1, 0.15) is 20.8 Å². The molecule has 0 unspecified atom stereocenters. The maximum Gasteiger partial charge on any atom is 0.127 e. The third-order valence-electron chi connectivity index (χ3n) is 1.84. The molecule has 0 aliphatic carbocycles. The smallest absolute Gasteiger partial charge is 0.127 e. The second-order valence-electron chi connectivity index (χ2n) is 4.59. The van der Waals surface area contributed by atoms with Crippen LogP contribution in [0.5, 0.6) is 0 Å². The molecular formula is C11H19N3. The maximum atomic E-state index is 4.15. The van der Waals surface area contributed by atoms with E-state index in [0.717, 1.165) is 18.1 Å². The summed E-state index contributed by atoms with van der Waals surface area (Å²) in [7, 11) is 1.87. The number of nitrogens with zero attached hydrogens (tertiary/aromatic N) is 1. The van der Waals surface area contributed by atoms with E-state index in [1.165, 1.54) is 0 Å². The van der Waals surface area contributed by atoms with Gasteiger partial charge in [0.1, 0.15) is 5.82 Å². The lowest BCUT2D eigenvalue weighted by Gasteiger charge is -2.19. The number of anilines is 2. The highest BCUT2D eigenvalue weighted by Gasteiger charge is 2.09. The van der Waals surface area contributed by atoms with Crippen LogP contribution in [0.3, 0.4) is 0 Å². The largest absolute Gasteiger partial charge is 0.384 e. The Morgan fingerprint density at radius 2 is 2.07 bits per heavy atom. The van der Waals surface area contributed by atoms with Crippen molar-refractivity contribution >= 4 is 11.5 Å². The van der Waals surface area contributed by atoms with Gasteiger partial charge in [0.2, 0.25) is 0 Å². The van der Waals surface area contributed by atoms with Gasteiger partial charge in [-0.2, -0.15) is 0 Å². The second-order valence-corrected chi connectivity index (χ2v) is 4.59. The molecule has 0 aliphatic rings. The van der Waals surface area contributed by atoms with E-state index in [2.05, 4.69) is 36.4 Å². The fourth-order valence-electron chi connectivity index (χ4n) is 1.04. The van der Waals surface area contributed by atoms with Gasteiger partial charge in [0.05, 0.1) is 0 Å². The van der Waals surface area contributed by atoms with Gasteiger partial charge in [-0.05, 0) is 11.5 Å². The molecule has 0 saturated heterocycles. The van der Waals surface area contributed by atoms with Gasteiger partial charge in [-0.1, -0.05) is 20.8 Å². The molecule has 0 bridgehead atoms. The van der Waals surface area contributed by atoms with Crippen molar-refractivity contribution < 1.29 is 0 Å². The first-order valence-corrected chi connectivity index (χ1v) is 4.89. The van der Waals surface area contributed by atoms with Crippen LogP contribution in [-0.2, 0) is 0 Å². The lowest BCUT2D eigenvalue weighted by molar-refractivity contribution is 0.443. The van der Waals surface area contributed by atoms with E-state index in [1.54, 1.807) is 6.20 Å². The molecule has 0 amide bonds. The van der Waals surface area contributed by atoms with Crippen LogP contribution in [0.4, 0.5) is 11.5 Å². The van der Waals surface area contributed by atoms with Crippen LogP contribution in [0.2, 0.25) is 0 Å². The Balaban J connectivity index is 2.59. The zero-order valence-corrected chi connectivity index (χ0v) is 9.39. The highest BCUT2D eigenvalue weighted by molar-refractivity contribution is 5.51. The van der Waals surface area contributed by atoms with Crippen molar-refractivity contribution in [1.29, 1.82) is 0 Å². The average Bonchev–Trinajstić information content (AvgIpc) is 2.14. The van der Waals surface area contributed by atoms with Gasteiger partial charge in [-0.3, -0.25) is 0 Å². The predicted octanol–water partition coefficient (Wildman–Crippen LogP) is 2.58. The van der Waals surface area contributed by atoms with Crippen molar-refractivity contribution in [3.63, 3.8) is 0 Å². The summed E-state index contributed by atoms with van der Waals surface area (Å²) in [6.45, 7) is 7.58. The fourth-order valence-corrected chi connectivity index (χ4v) is 1.04. The molecular weight excluding hydrogens is 174 g/mol. The molecule has 0 aromatic carbocycles. The molecule has 1 aromatic rings. The molecule has 0 atom stereocenters. The van der Waals surface area contributed by atoms with E-state index < -0.39 is 0 Å². The molecule has 0 saturated carbocycles. The zero-order chi connectivity index (χ0) is 10.6. The molecule has 78 valence electrons. The Morgan fingerprint density at radius 1 is 1.36 bits per heavy atom. The average molecular weight is 193 g/mol. The summed E-state index contributed by atoms with van der Waals surface area (Å²) >= 11 is 0. The first-order valence-electron chi connectivity index (χ1n) is 4.89. The molecule has 1 heterocycles. The Kier molecular flexibility index (Phi) is 3.33. The third kappa shape index (κ3) is 3.64. The standard InChI is InChI=1S/C11H19N3/c1-11(2,3)8-14-9-5-6-13-10(7-9)12-4/h5-7H,8H2,1-4H3,(H2,12,13,14). The van der Waals surface area contributed by atoms with Crippen LogP contribution in [-0.4, -0.2) is 18.6 Å². The van der Waals surface area contributed by atoms with E-state index in [1.807, 2.05) is 19.2 Å². The first-order chi connectivity index (χ1) is 6.51. The molecule has 2 N–H and O–H groups in total. The highest BCUT2D eigenvalue weighted by atomic mass is 15.0. The lowest BCUT2D eigenvalue weighted by atomic mass is 9.97. The summed E-state index contributed by atoms with van der Waals surface area (Å²) in [6.07, 6.45) is 1.80. The summed E-state index contributed by atoms with van der Waals surface area (Å²) < 4.78 is 0. The van der Waals surface area contributed by atoms with Gasteiger partial charge in [0.25, 0.3) is 0 Å². The number of hydrogen-bond donors (Lipinski definition) is 2.